The molecule has 3 heterocycles. The van der Waals surface area contributed by atoms with Crippen molar-refractivity contribution in [2.45, 2.75) is 57.8 Å². The van der Waals surface area contributed by atoms with E-state index >= 15 is 0 Å². The number of nitrogens with zero attached hydrogens (tertiary/aromatic N) is 5. The second-order valence-corrected chi connectivity index (χ2v) is 14.1. The molecule has 2 aromatic carbocycles. The van der Waals surface area contributed by atoms with Gasteiger partial charge in [0.15, 0.2) is 0 Å². The van der Waals surface area contributed by atoms with Gasteiger partial charge in [-0.25, -0.2) is 13.6 Å². The number of pyridine rings is 1. The maximum Gasteiger partial charge on any atom is 0.410 e. The van der Waals surface area contributed by atoms with E-state index in [2.05, 4.69) is 20.1 Å². The van der Waals surface area contributed by atoms with E-state index in [-0.39, 0.29) is 6.09 Å². The van der Waals surface area contributed by atoms with Gasteiger partial charge in [-0.3, -0.25) is 19.5 Å². The van der Waals surface area contributed by atoms with Gasteiger partial charge in [0.2, 0.25) is 5.91 Å². The molecule has 1 unspecified atom stereocenters. The Labute approximate surface area is 291 Å². The number of nitrogens with one attached hydrogen (secondary N) is 1. The number of benzene rings is 2. The smallest absolute Gasteiger partial charge is 0.410 e. The van der Waals surface area contributed by atoms with Crippen LogP contribution in [0.1, 0.15) is 49.5 Å². The van der Waals surface area contributed by atoms with E-state index in [9.17, 15) is 23.2 Å². The second-order valence-electron chi connectivity index (χ2n) is 14.1. The molecule has 14 heteroatoms. The fraction of sp³-hybridized carbons (Fsp3) is 0.500. The molecule has 2 aliphatic rings. The molecule has 0 saturated carbocycles. The van der Waals surface area contributed by atoms with E-state index in [0.717, 1.165) is 54.3 Å². The molecule has 1 atom stereocenters. The molecule has 1 aromatic heterocycles. The zero-order valence-corrected chi connectivity index (χ0v) is 29.3. The van der Waals surface area contributed by atoms with Crippen molar-refractivity contribution in [3.05, 3.63) is 59.8 Å². The summed E-state index contributed by atoms with van der Waals surface area (Å²) >= 11 is 0. The number of fused-ring (bicyclic) bond motifs is 1. The van der Waals surface area contributed by atoms with E-state index in [0.29, 0.717) is 41.7 Å². The van der Waals surface area contributed by atoms with Gasteiger partial charge in [-0.05, 0) is 63.1 Å². The monoisotopic (exact) mass is 694 g/mol. The molecule has 5 rings (SSSR count). The van der Waals surface area contributed by atoms with Crippen molar-refractivity contribution in [1.29, 1.82) is 0 Å². The number of nitrogens with two attached hydrogens (primary N) is 2. The van der Waals surface area contributed by atoms with Crippen molar-refractivity contribution < 1.29 is 27.9 Å². The normalized spacial score (nSPS) is 18.0. The van der Waals surface area contributed by atoms with Crippen LogP contribution in [0.3, 0.4) is 0 Å². The number of aromatic nitrogens is 1. The molecule has 0 radical (unpaired) electrons. The number of piperazine rings is 1. The molecule has 0 aliphatic carbocycles. The number of anilines is 1. The first kappa shape index (κ1) is 36.9. The number of carbonyl (C=O) groups is 3. The summed E-state index contributed by atoms with van der Waals surface area (Å²) in [6.45, 7) is 9.07. The summed E-state index contributed by atoms with van der Waals surface area (Å²) in [7, 11) is 1.98. The molecular weight excluding hydrogens is 646 g/mol. The van der Waals surface area contributed by atoms with Crippen LogP contribution in [0.2, 0.25) is 0 Å². The number of alkyl halides is 2. The highest BCUT2D eigenvalue weighted by molar-refractivity contribution is 6.12. The minimum absolute atomic E-state index is 0.279. The predicted octanol–water partition coefficient (Wildman–Crippen LogP) is 3.62. The molecule has 2 fully saturated rings. The van der Waals surface area contributed by atoms with Gasteiger partial charge in [-0.2, -0.15) is 0 Å². The quantitative estimate of drug-likeness (QED) is 0.289. The zero-order valence-electron chi connectivity index (χ0n) is 29.3. The fourth-order valence-electron chi connectivity index (χ4n) is 6.31. The predicted molar refractivity (Wildman–Crippen MR) is 189 cm³/mol. The number of amides is 3. The highest BCUT2D eigenvalue weighted by atomic mass is 19.3. The highest BCUT2D eigenvalue weighted by Crippen LogP contribution is 2.32. The Hall–Kier alpha value is -4.40. The van der Waals surface area contributed by atoms with Crippen LogP contribution in [-0.4, -0.2) is 115 Å². The maximum atomic E-state index is 13.9. The number of ether oxygens (including phenoxy) is 1. The third kappa shape index (κ3) is 9.03. The molecule has 2 saturated heterocycles. The van der Waals surface area contributed by atoms with Crippen molar-refractivity contribution in [2.75, 3.05) is 64.3 Å². The van der Waals surface area contributed by atoms with Gasteiger partial charge in [0, 0.05) is 75.6 Å². The lowest BCUT2D eigenvalue weighted by atomic mass is 9.96. The lowest BCUT2D eigenvalue weighted by Gasteiger charge is -2.35. The lowest BCUT2D eigenvalue weighted by molar-refractivity contribution is -0.132. The first-order valence-electron chi connectivity index (χ1n) is 17.0. The van der Waals surface area contributed by atoms with Crippen LogP contribution >= 0.6 is 0 Å². The number of hydrogen-bond acceptors (Lipinski definition) is 9. The molecular formula is C36H48F2N8O4. The van der Waals surface area contributed by atoms with E-state index in [1.165, 1.54) is 0 Å². The summed E-state index contributed by atoms with van der Waals surface area (Å²) in [5, 5.41) is 3.24. The van der Waals surface area contributed by atoms with Gasteiger partial charge in [-0.15, -0.1) is 0 Å². The Morgan fingerprint density at radius 1 is 1.08 bits per heavy atom. The number of carbonyl (C=O) groups excluding carboxylic acids is 3. The van der Waals surface area contributed by atoms with Gasteiger partial charge >= 0.3 is 6.09 Å². The summed E-state index contributed by atoms with van der Waals surface area (Å²) in [5.41, 5.74) is 15.1. The molecule has 3 amide bonds. The van der Waals surface area contributed by atoms with Gasteiger partial charge in [-0.1, -0.05) is 24.3 Å². The molecule has 5 N–H and O–H groups in total. The minimum atomic E-state index is -3.07. The van der Waals surface area contributed by atoms with Crippen molar-refractivity contribution in [2.24, 2.45) is 11.5 Å². The van der Waals surface area contributed by atoms with Crippen LogP contribution in [0.4, 0.5) is 19.3 Å². The van der Waals surface area contributed by atoms with E-state index in [1.807, 2.05) is 70.3 Å². The average molecular weight is 695 g/mol. The van der Waals surface area contributed by atoms with Crippen LogP contribution in [0.15, 0.2) is 48.7 Å². The summed E-state index contributed by atoms with van der Waals surface area (Å²) in [6, 6.07) is 13.2. The van der Waals surface area contributed by atoms with Crippen molar-refractivity contribution in [3.8, 4) is 11.1 Å². The Morgan fingerprint density at radius 2 is 1.78 bits per heavy atom. The third-order valence-electron chi connectivity index (χ3n) is 9.04. The molecule has 270 valence electrons. The summed E-state index contributed by atoms with van der Waals surface area (Å²) < 4.78 is 33.3. The minimum Gasteiger partial charge on any atom is -0.444 e. The third-order valence-corrected chi connectivity index (χ3v) is 9.04. The van der Waals surface area contributed by atoms with Crippen LogP contribution < -0.4 is 21.7 Å². The van der Waals surface area contributed by atoms with E-state index < -0.39 is 49.0 Å². The Balaban J connectivity index is 1.30. The second kappa shape index (κ2) is 15.2. The van der Waals surface area contributed by atoms with E-state index in [4.69, 9.17) is 16.2 Å². The Kier molecular flexibility index (Phi) is 11.2. The average Bonchev–Trinajstić information content (AvgIpc) is 3.37. The first-order valence-corrected chi connectivity index (χ1v) is 17.0. The molecule has 50 heavy (non-hydrogen) atoms. The van der Waals surface area contributed by atoms with Crippen molar-refractivity contribution >= 4 is 34.5 Å². The van der Waals surface area contributed by atoms with Gasteiger partial charge in [0.1, 0.15) is 5.60 Å². The standard InChI is InChI=1S/C36H48F2N8O4/c1-35(2,3)50-34(49)45-16-14-44(15-17-45)13-5-12-43(4)26-10-11-29-27(18-26)32(28(21-41-29)25-8-6-24(20-39)7-9-25)33(48)42-22-31(47)46-23-36(37,38)19-30(46)40/h6-11,18,21,30H,5,12-17,19-20,22-23,39-40H2,1-4H3,(H,42,48). The fourth-order valence-corrected chi connectivity index (χ4v) is 6.31. The molecule has 0 spiro atoms. The summed E-state index contributed by atoms with van der Waals surface area (Å²) in [5.74, 6) is -4.28. The summed E-state index contributed by atoms with van der Waals surface area (Å²) in [4.78, 5) is 50.9. The number of likely N-dealkylation sites (tertiary alicyclic amines) is 1. The van der Waals surface area contributed by atoms with Gasteiger partial charge < -0.3 is 36.2 Å². The SMILES string of the molecule is CN(CCCN1CCN(C(=O)OC(C)(C)C)CC1)c1ccc2ncc(-c3ccc(CN)cc3)c(C(=O)NCC(=O)N3CC(F)(F)CC3N)c2c1. The highest BCUT2D eigenvalue weighted by Gasteiger charge is 2.45. The zero-order chi connectivity index (χ0) is 36.2. The van der Waals surface area contributed by atoms with E-state index in [1.54, 1.807) is 11.1 Å². The van der Waals surface area contributed by atoms with Crippen molar-refractivity contribution in [3.63, 3.8) is 0 Å². The van der Waals surface area contributed by atoms with Crippen LogP contribution in [0.25, 0.3) is 22.0 Å². The molecule has 12 nitrogen and oxygen atoms in total. The maximum absolute atomic E-state index is 13.9. The van der Waals surface area contributed by atoms with Crippen molar-refractivity contribution in [1.82, 2.24) is 25.0 Å². The number of hydrogen-bond donors (Lipinski definition) is 3. The van der Waals surface area contributed by atoms with Gasteiger partial charge in [0.25, 0.3) is 11.8 Å². The number of halogens is 2. The Morgan fingerprint density at radius 3 is 2.40 bits per heavy atom. The molecule has 2 aliphatic heterocycles. The molecule has 0 bridgehead atoms. The Bertz CT molecular complexity index is 1690. The number of rotatable bonds is 10. The van der Waals surface area contributed by atoms with Gasteiger partial charge in [0.05, 0.1) is 30.3 Å². The summed E-state index contributed by atoms with van der Waals surface area (Å²) in [6.07, 6.45) is 0.483. The molecule has 3 aromatic rings. The van der Waals surface area contributed by atoms with Crippen LogP contribution in [-0.2, 0) is 16.1 Å². The van der Waals surface area contributed by atoms with Crippen LogP contribution in [0, 0.1) is 0 Å². The first-order chi connectivity index (χ1) is 23.6. The topological polar surface area (TPSA) is 150 Å². The largest absolute Gasteiger partial charge is 0.444 e. The van der Waals surface area contributed by atoms with Crippen LogP contribution in [0.5, 0.6) is 0 Å². The lowest BCUT2D eigenvalue weighted by Crippen LogP contribution is -2.50.